The van der Waals surface area contributed by atoms with Crippen LogP contribution in [0.25, 0.3) is 0 Å². The molecule has 4 heterocycles. The minimum absolute atomic E-state index is 0. The van der Waals surface area contributed by atoms with Crippen molar-refractivity contribution in [2.24, 2.45) is 0 Å². The summed E-state index contributed by atoms with van der Waals surface area (Å²) in [5, 5.41) is 0. The van der Waals surface area contributed by atoms with Gasteiger partial charge >= 0.3 is 0 Å². The number of amidine groups is 1. The average molecular weight is 701 g/mol. The Hall–Kier alpha value is -4.68. The zero-order valence-corrected chi connectivity index (χ0v) is 28.6. The van der Waals surface area contributed by atoms with Gasteiger partial charge in [0.2, 0.25) is 31.7 Å². The SMILES string of the molecule is COc1ccccc1N(CCN1C=C[N+]=C1CCCC[n+]1ccn(CCN(C2=COCO2)c2ccccc2OC)c1)C1=COCO1.[Cl-].[Cl-]. The maximum absolute atomic E-state index is 5.73. The number of unbranched alkanes of at least 4 members (excludes halogenated alkanes) is 1. The number of aryl methyl sites for hydroxylation is 1. The molecule has 6 rings (SSSR count). The van der Waals surface area contributed by atoms with E-state index in [1.807, 2.05) is 60.9 Å². The molecule has 1 aromatic heterocycles. The monoisotopic (exact) mass is 699 g/mol. The molecular formula is C34H41Cl2N6O6. The summed E-state index contributed by atoms with van der Waals surface area (Å²) in [6.45, 7) is 4.23. The van der Waals surface area contributed by atoms with Crippen LogP contribution >= 0.6 is 0 Å². The van der Waals surface area contributed by atoms with E-state index in [0.717, 1.165) is 67.6 Å². The molecule has 48 heavy (non-hydrogen) atoms. The van der Waals surface area contributed by atoms with Crippen molar-refractivity contribution in [1.29, 1.82) is 0 Å². The lowest BCUT2D eigenvalue weighted by molar-refractivity contribution is -0.696. The molecule has 14 heteroatoms. The molecule has 12 nitrogen and oxygen atoms in total. The van der Waals surface area contributed by atoms with E-state index in [-0.39, 0.29) is 38.4 Å². The number of imidazole rings is 1. The van der Waals surface area contributed by atoms with Gasteiger partial charge < -0.3 is 63.0 Å². The summed E-state index contributed by atoms with van der Waals surface area (Å²) in [5.41, 5.74) is 1.86. The Bertz CT molecular complexity index is 1600. The van der Waals surface area contributed by atoms with Crippen molar-refractivity contribution in [3.63, 3.8) is 0 Å². The second kappa shape index (κ2) is 18.0. The molecule has 0 aliphatic carbocycles. The van der Waals surface area contributed by atoms with Gasteiger partial charge in [0.15, 0.2) is 6.20 Å². The third-order valence-electron chi connectivity index (χ3n) is 7.96. The number of nitrogens with zero attached hydrogens (tertiary/aromatic N) is 6. The predicted molar refractivity (Wildman–Crippen MR) is 172 cm³/mol. The Morgan fingerprint density at radius 1 is 0.812 bits per heavy atom. The van der Waals surface area contributed by atoms with Gasteiger partial charge in [-0.3, -0.25) is 0 Å². The topological polar surface area (TPSA) is 88.0 Å². The molecule has 257 valence electrons. The van der Waals surface area contributed by atoms with E-state index in [2.05, 4.69) is 47.5 Å². The van der Waals surface area contributed by atoms with Crippen LogP contribution in [0.5, 0.6) is 11.5 Å². The van der Waals surface area contributed by atoms with Crippen LogP contribution in [0.4, 0.5) is 11.4 Å². The summed E-state index contributed by atoms with van der Waals surface area (Å²) in [7, 11) is 3.35. The van der Waals surface area contributed by atoms with Crippen LogP contribution in [-0.4, -0.2) is 62.7 Å². The van der Waals surface area contributed by atoms with Gasteiger partial charge in [0.25, 0.3) is 5.84 Å². The lowest BCUT2D eigenvalue weighted by Crippen LogP contribution is -3.00. The highest BCUT2D eigenvalue weighted by Gasteiger charge is 2.27. The number of aliphatic imine (C=N–C) groups is 1. The van der Waals surface area contributed by atoms with Gasteiger partial charge in [-0.1, -0.05) is 29.3 Å². The van der Waals surface area contributed by atoms with E-state index in [1.54, 1.807) is 26.7 Å². The number of rotatable bonds is 17. The maximum Gasteiger partial charge on any atom is 0.298 e. The third-order valence-corrected chi connectivity index (χ3v) is 7.96. The number of hydrogen-bond acceptors (Lipinski definition) is 10. The van der Waals surface area contributed by atoms with Gasteiger partial charge in [0.05, 0.1) is 51.6 Å². The molecule has 0 unspecified atom stereocenters. The molecule has 0 spiro atoms. The number of hydrogen-bond donors (Lipinski definition) is 0. The zero-order chi connectivity index (χ0) is 31.6. The minimum Gasteiger partial charge on any atom is -1.00 e. The fourth-order valence-electron chi connectivity index (χ4n) is 5.63. The molecule has 0 fully saturated rings. The summed E-state index contributed by atoms with van der Waals surface area (Å²) < 4.78 is 37.8. The van der Waals surface area contributed by atoms with Gasteiger partial charge in [-0.2, -0.15) is 0 Å². The normalized spacial score (nSPS) is 14.3. The van der Waals surface area contributed by atoms with Crippen molar-refractivity contribution >= 4 is 17.2 Å². The van der Waals surface area contributed by atoms with Gasteiger partial charge in [-0.15, -0.1) is 0 Å². The molecule has 0 saturated carbocycles. The molecule has 2 aromatic carbocycles. The van der Waals surface area contributed by atoms with Crippen molar-refractivity contribution in [2.75, 3.05) is 57.2 Å². The summed E-state index contributed by atoms with van der Waals surface area (Å²) in [6, 6.07) is 15.8. The fourth-order valence-corrected chi connectivity index (χ4v) is 5.63. The highest BCUT2D eigenvalue weighted by Crippen LogP contribution is 2.33. The van der Waals surface area contributed by atoms with Crippen molar-refractivity contribution in [1.82, 2.24) is 14.5 Å². The van der Waals surface area contributed by atoms with Crippen LogP contribution in [0, 0.1) is 0 Å². The summed E-state index contributed by atoms with van der Waals surface area (Å²) in [5.74, 6) is 3.98. The standard InChI is InChI=1S/C34H41N6O6.2ClH/c1-41-30-11-5-3-9-28(30)39(33-23-43-26-45-33)21-19-37-18-17-36(25-37)15-8-7-13-32-35-14-16-38(32)20-22-40(34-24-44-27-46-34)29-10-4-6-12-31(29)42-2;;/h3-6,9-12,14,16-18,23-25H,7-8,13,15,19-22,26-27H2,1-2H3;2*1H/q+2;;/p-2. The van der Waals surface area contributed by atoms with Crippen molar-refractivity contribution in [3.8, 4) is 11.5 Å². The van der Waals surface area contributed by atoms with Gasteiger partial charge in [-0.05, 0) is 37.1 Å². The van der Waals surface area contributed by atoms with Crippen LogP contribution in [-0.2, 0) is 32.0 Å². The first-order chi connectivity index (χ1) is 22.7. The first kappa shape index (κ1) is 36.2. The zero-order valence-electron chi connectivity index (χ0n) is 27.1. The summed E-state index contributed by atoms with van der Waals surface area (Å²) in [4.78, 5) is 11.0. The van der Waals surface area contributed by atoms with E-state index in [9.17, 15) is 0 Å². The summed E-state index contributed by atoms with van der Waals surface area (Å²) >= 11 is 0. The van der Waals surface area contributed by atoms with Crippen molar-refractivity contribution in [2.45, 2.75) is 32.4 Å². The molecule has 1 radical (unpaired) electrons. The third kappa shape index (κ3) is 8.81. The first-order valence-electron chi connectivity index (χ1n) is 15.5. The molecule has 0 saturated heterocycles. The molecule has 3 aliphatic rings. The average Bonchev–Trinajstić information content (AvgIpc) is 3.93. The Labute approximate surface area is 293 Å². The van der Waals surface area contributed by atoms with Gasteiger partial charge in [0, 0.05) is 0 Å². The van der Waals surface area contributed by atoms with E-state index < -0.39 is 0 Å². The van der Waals surface area contributed by atoms with Crippen molar-refractivity contribution in [3.05, 3.63) is 104 Å². The largest absolute Gasteiger partial charge is 1.00 e. The van der Waals surface area contributed by atoms with Crippen LogP contribution in [0.1, 0.15) is 19.3 Å². The first-order valence-corrected chi connectivity index (χ1v) is 15.5. The Kier molecular flexibility index (Phi) is 13.6. The molecule has 0 atom stereocenters. The molecule has 0 N–H and O–H groups in total. The quantitative estimate of drug-likeness (QED) is 0.119. The number of anilines is 2. The Morgan fingerprint density at radius 2 is 1.42 bits per heavy atom. The molecular weight excluding hydrogens is 659 g/mol. The predicted octanol–water partition coefficient (Wildman–Crippen LogP) is -1.89. The number of ether oxygens (including phenoxy) is 6. The van der Waals surface area contributed by atoms with Crippen LogP contribution in [0.15, 0.2) is 104 Å². The van der Waals surface area contributed by atoms with E-state index >= 15 is 0 Å². The minimum atomic E-state index is 0. The second-order valence-electron chi connectivity index (χ2n) is 10.8. The smallest absolute Gasteiger partial charge is 0.298 e. The molecule has 0 bridgehead atoms. The van der Waals surface area contributed by atoms with Crippen LogP contribution in [0.3, 0.4) is 0 Å². The lowest BCUT2D eigenvalue weighted by atomic mass is 10.2. The second-order valence-corrected chi connectivity index (χ2v) is 10.8. The van der Waals surface area contributed by atoms with Crippen molar-refractivity contribution < 1.29 is 57.8 Å². The van der Waals surface area contributed by atoms with E-state index in [1.165, 1.54) is 0 Å². The Morgan fingerprint density at radius 3 is 2.00 bits per heavy atom. The number of halogens is 2. The highest BCUT2D eigenvalue weighted by molar-refractivity contribution is 5.84. The number of methoxy groups -OCH3 is 2. The maximum atomic E-state index is 5.73. The molecule has 0 amide bonds. The molecule has 3 aliphatic heterocycles. The fraction of sp³-hybridized carbons (Fsp3) is 0.353. The van der Waals surface area contributed by atoms with Gasteiger partial charge in [0.1, 0.15) is 55.7 Å². The van der Waals surface area contributed by atoms with Gasteiger partial charge in [-0.25, -0.2) is 14.0 Å². The highest BCUT2D eigenvalue weighted by atomic mass is 35.5. The van der Waals surface area contributed by atoms with E-state index in [4.69, 9.17) is 28.4 Å². The lowest BCUT2D eigenvalue weighted by Gasteiger charge is -2.26. The van der Waals surface area contributed by atoms with E-state index in [0.29, 0.717) is 24.9 Å². The molecule has 3 aromatic rings. The number of benzene rings is 2. The number of aromatic nitrogens is 2. The van der Waals surface area contributed by atoms with Crippen LogP contribution < -0.4 is 53.6 Å². The summed E-state index contributed by atoms with van der Waals surface area (Å²) in [6.07, 6.45) is 16.6. The van der Waals surface area contributed by atoms with Crippen LogP contribution in [0.2, 0.25) is 0 Å². The Balaban J connectivity index is 0.00000260. The number of para-hydroxylation sites is 4.